The number of fused-ring (bicyclic) bond motifs is 1. The molecule has 0 aromatic heterocycles. The predicted octanol–water partition coefficient (Wildman–Crippen LogP) is 1.64. The third-order valence-corrected chi connectivity index (χ3v) is 2.79. The largest absolute Gasteiger partial charge is 0.497 e. The van der Waals surface area contributed by atoms with Crippen LogP contribution >= 0.6 is 0 Å². The predicted molar refractivity (Wildman–Crippen MR) is 72.0 cm³/mol. The Morgan fingerprint density at radius 2 is 1.84 bits per heavy atom. The van der Waals surface area contributed by atoms with E-state index in [9.17, 15) is 8.42 Å². The second-order valence-electron chi connectivity index (χ2n) is 3.93. The van der Waals surface area contributed by atoms with Gasteiger partial charge in [0.1, 0.15) is 11.1 Å². The molecular weight excluding hydrogens is 266 g/mol. The minimum absolute atomic E-state index is 0.438. The van der Waals surface area contributed by atoms with Crippen LogP contribution in [0.25, 0.3) is 10.8 Å². The fourth-order valence-corrected chi connectivity index (χ4v) is 1.84. The van der Waals surface area contributed by atoms with Gasteiger partial charge in [-0.25, -0.2) is 0 Å². The maximum absolute atomic E-state index is 11.0. The zero-order chi connectivity index (χ0) is 13.9. The van der Waals surface area contributed by atoms with Gasteiger partial charge in [0.15, 0.2) is 0 Å². The van der Waals surface area contributed by atoms with Crippen LogP contribution in [0.1, 0.15) is 0 Å². The summed E-state index contributed by atoms with van der Waals surface area (Å²) in [4.78, 5) is 0. The molecule has 0 amide bonds. The molecule has 0 heterocycles. The van der Waals surface area contributed by atoms with Gasteiger partial charge in [0, 0.05) is 5.39 Å². The lowest BCUT2D eigenvalue weighted by Crippen LogP contribution is -2.05. The Balaban J connectivity index is 2.69. The van der Waals surface area contributed by atoms with Crippen LogP contribution in [-0.4, -0.2) is 21.8 Å². The van der Waals surface area contributed by atoms with Crippen molar-refractivity contribution in [3.8, 4) is 5.75 Å². The molecule has 0 N–H and O–H groups in total. The van der Waals surface area contributed by atoms with Gasteiger partial charge in [0.2, 0.25) is 0 Å². The number of hydrogen-bond acceptors (Lipinski definition) is 5. The summed E-state index contributed by atoms with van der Waals surface area (Å²) in [5, 5.41) is 5.76. The Morgan fingerprint density at radius 1 is 1.11 bits per heavy atom. The first-order valence-electron chi connectivity index (χ1n) is 5.49. The first-order chi connectivity index (χ1) is 8.99. The number of ether oxygens (including phenoxy) is 1. The standard InChI is InChI=1S/C13H13NO4S/c1-17-11-7-8-12-10(9-11)5-3-4-6-13(12)14-18-19(2,15)16/h3-9H,1-2H3/b14-13+. The topological polar surface area (TPSA) is 65.0 Å². The van der Waals surface area contributed by atoms with E-state index in [4.69, 9.17) is 4.74 Å². The summed E-state index contributed by atoms with van der Waals surface area (Å²) in [6.45, 7) is 0. The van der Waals surface area contributed by atoms with Crippen LogP contribution in [0.15, 0.2) is 47.6 Å². The van der Waals surface area contributed by atoms with Crippen LogP contribution in [0.3, 0.4) is 0 Å². The first-order valence-corrected chi connectivity index (χ1v) is 7.31. The van der Waals surface area contributed by atoms with E-state index < -0.39 is 10.1 Å². The zero-order valence-corrected chi connectivity index (χ0v) is 11.3. The van der Waals surface area contributed by atoms with Crippen molar-refractivity contribution in [3.63, 3.8) is 0 Å². The highest BCUT2D eigenvalue weighted by atomic mass is 32.2. The summed E-state index contributed by atoms with van der Waals surface area (Å²) in [6, 6.07) is 12.6. The second kappa shape index (κ2) is 5.27. The normalized spacial score (nSPS) is 12.4. The van der Waals surface area contributed by atoms with E-state index in [1.165, 1.54) is 0 Å². The van der Waals surface area contributed by atoms with Crippen LogP contribution < -0.4 is 10.1 Å². The van der Waals surface area contributed by atoms with E-state index in [0.717, 1.165) is 17.0 Å². The Morgan fingerprint density at radius 3 is 2.53 bits per heavy atom. The fraction of sp³-hybridized carbons (Fsp3) is 0.154. The summed E-state index contributed by atoms with van der Waals surface area (Å²) in [5.74, 6) is 0.716. The van der Waals surface area contributed by atoms with Crippen molar-refractivity contribution >= 4 is 20.9 Å². The fourth-order valence-electron chi connectivity index (χ4n) is 1.62. The molecule has 0 saturated heterocycles. The molecule has 5 nitrogen and oxygen atoms in total. The van der Waals surface area contributed by atoms with Crippen LogP contribution in [0, 0.1) is 0 Å². The maximum Gasteiger partial charge on any atom is 0.325 e. The van der Waals surface area contributed by atoms with Crippen molar-refractivity contribution in [2.24, 2.45) is 5.16 Å². The summed E-state index contributed by atoms with van der Waals surface area (Å²) in [5.41, 5.74) is 0. The molecule has 0 radical (unpaired) electrons. The Labute approximate surface area is 111 Å². The number of nitrogens with zero attached hydrogens (tertiary/aromatic N) is 1. The Kier molecular flexibility index (Phi) is 3.71. The summed E-state index contributed by atoms with van der Waals surface area (Å²) in [6.07, 6.45) is 0.949. The van der Waals surface area contributed by atoms with Gasteiger partial charge < -0.3 is 4.74 Å². The smallest absolute Gasteiger partial charge is 0.325 e. The van der Waals surface area contributed by atoms with Crippen LogP contribution in [0.4, 0.5) is 0 Å². The summed E-state index contributed by atoms with van der Waals surface area (Å²) >= 11 is 0. The molecule has 6 heteroatoms. The van der Waals surface area contributed by atoms with Crippen molar-refractivity contribution in [3.05, 3.63) is 47.8 Å². The molecule has 0 fully saturated rings. The van der Waals surface area contributed by atoms with Crippen LogP contribution in [0.2, 0.25) is 0 Å². The van der Waals surface area contributed by atoms with Gasteiger partial charge >= 0.3 is 10.1 Å². The molecule has 2 aromatic carbocycles. The highest BCUT2D eigenvalue weighted by Gasteiger charge is 2.01. The molecule has 0 saturated carbocycles. The molecule has 0 bridgehead atoms. The van der Waals surface area contributed by atoms with Gasteiger partial charge in [-0.05, 0) is 29.7 Å². The lowest BCUT2D eigenvalue weighted by Gasteiger charge is -2.00. The number of methoxy groups -OCH3 is 1. The van der Waals surface area contributed by atoms with E-state index in [0.29, 0.717) is 11.1 Å². The van der Waals surface area contributed by atoms with Gasteiger partial charge in [-0.15, -0.1) is 0 Å². The van der Waals surface area contributed by atoms with E-state index in [1.807, 2.05) is 18.2 Å². The van der Waals surface area contributed by atoms with Gasteiger partial charge in [-0.2, -0.15) is 8.42 Å². The third-order valence-electron chi connectivity index (χ3n) is 2.45. The highest BCUT2D eigenvalue weighted by molar-refractivity contribution is 7.85. The van der Waals surface area contributed by atoms with E-state index in [2.05, 4.69) is 9.44 Å². The molecule has 100 valence electrons. The van der Waals surface area contributed by atoms with Crippen LogP contribution in [-0.2, 0) is 14.4 Å². The highest BCUT2D eigenvalue weighted by Crippen LogP contribution is 2.17. The van der Waals surface area contributed by atoms with E-state index in [-0.39, 0.29) is 0 Å². The zero-order valence-electron chi connectivity index (χ0n) is 10.5. The summed E-state index contributed by atoms with van der Waals surface area (Å²) in [7, 11) is -2.03. The molecule has 2 aromatic rings. The van der Waals surface area contributed by atoms with Gasteiger partial charge in [-0.1, -0.05) is 23.4 Å². The van der Waals surface area contributed by atoms with Crippen molar-refractivity contribution in [2.75, 3.05) is 13.4 Å². The average molecular weight is 279 g/mol. The van der Waals surface area contributed by atoms with Crippen molar-refractivity contribution in [2.45, 2.75) is 0 Å². The first kappa shape index (κ1) is 13.4. The molecule has 0 atom stereocenters. The van der Waals surface area contributed by atoms with Crippen LogP contribution in [0.5, 0.6) is 5.75 Å². The minimum Gasteiger partial charge on any atom is -0.497 e. The third kappa shape index (κ3) is 3.45. The second-order valence-corrected chi connectivity index (χ2v) is 5.48. The molecule has 0 aliphatic heterocycles. The Hall–Kier alpha value is -2.08. The molecular formula is C13H13NO4S. The average Bonchev–Trinajstić information content (AvgIpc) is 2.56. The van der Waals surface area contributed by atoms with Gasteiger partial charge in [-0.3, -0.25) is 4.28 Å². The monoisotopic (exact) mass is 279 g/mol. The van der Waals surface area contributed by atoms with Crippen molar-refractivity contribution < 1.29 is 17.4 Å². The number of hydrogen-bond donors (Lipinski definition) is 0. The van der Waals surface area contributed by atoms with Crippen molar-refractivity contribution in [1.29, 1.82) is 0 Å². The quantitative estimate of drug-likeness (QED) is 0.801. The summed E-state index contributed by atoms with van der Waals surface area (Å²) < 4.78 is 31.6. The lowest BCUT2D eigenvalue weighted by molar-refractivity contribution is 0.329. The number of benzene rings is 1. The lowest BCUT2D eigenvalue weighted by atomic mass is 10.2. The van der Waals surface area contributed by atoms with E-state index >= 15 is 0 Å². The van der Waals surface area contributed by atoms with Gasteiger partial charge in [0.25, 0.3) is 0 Å². The van der Waals surface area contributed by atoms with Crippen molar-refractivity contribution in [1.82, 2.24) is 0 Å². The van der Waals surface area contributed by atoms with Gasteiger partial charge in [0.05, 0.1) is 13.4 Å². The molecule has 19 heavy (non-hydrogen) atoms. The molecule has 0 aliphatic rings. The molecule has 0 spiro atoms. The molecule has 2 rings (SSSR count). The number of rotatable bonds is 3. The maximum atomic E-state index is 11.0. The SMILES string of the molecule is COc1ccc2/c(=N/OS(C)(=O)=O)ccccc2c1. The molecule has 0 unspecified atom stereocenters. The van der Waals surface area contributed by atoms with E-state index in [1.54, 1.807) is 31.4 Å². The molecule has 0 aliphatic carbocycles. The minimum atomic E-state index is -3.62. The Bertz CT molecular complexity index is 769.